The number of aliphatic hydroxyl groups is 1. The number of aliphatic imine (C=N–C) groups is 1. The van der Waals surface area contributed by atoms with Gasteiger partial charge in [0.15, 0.2) is 5.82 Å². The van der Waals surface area contributed by atoms with E-state index in [1.54, 1.807) is 17.9 Å². The first-order chi connectivity index (χ1) is 12.6. The molecule has 0 saturated heterocycles. The fraction of sp³-hybridized carbons (Fsp3) is 0.150. The molecule has 0 aliphatic carbocycles. The van der Waals surface area contributed by atoms with Crippen molar-refractivity contribution in [3.8, 4) is 11.8 Å². The quantitative estimate of drug-likeness (QED) is 0.435. The van der Waals surface area contributed by atoms with Crippen molar-refractivity contribution in [3.05, 3.63) is 65.7 Å². The number of para-hydroxylation sites is 2. The molecule has 0 fully saturated rings. The highest BCUT2D eigenvalue weighted by Gasteiger charge is 2.15. The van der Waals surface area contributed by atoms with E-state index in [1.807, 2.05) is 61.6 Å². The zero-order valence-electron chi connectivity index (χ0n) is 14.5. The normalized spacial score (nSPS) is 12.2. The third-order valence-electron chi connectivity index (χ3n) is 4.01. The van der Waals surface area contributed by atoms with Gasteiger partial charge in [-0.1, -0.05) is 12.1 Å². The third kappa shape index (κ3) is 3.42. The van der Waals surface area contributed by atoms with E-state index in [2.05, 4.69) is 9.98 Å². The van der Waals surface area contributed by atoms with Gasteiger partial charge >= 0.3 is 0 Å². The fourth-order valence-electron chi connectivity index (χ4n) is 2.62. The van der Waals surface area contributed by atoms with Crippen LogP contribution in [0.5, 0.6) is 5.75 Å². The molecule has 6 heteroatoms. The minimum Gasteiger partial charge on any atom is -0.509 e. The Bertz CT molecular complexity index is 1020. The lowest BCUT2D eigenvalue weighted by Crippen LogP contribution is -2.01. The lowest BCUT2D eigenvalue weighted by molar-refractivity contribution is 0.407. The van der Waals surface area contributed by atoms with Crippen LogP contribution < -0.4 is 4.74 Å². The molecule has 0 atom stereocenters. The molecule has 6 nitrogen and oxygen atoms in total. The maximum Gasteiger partial charge on any atom is 0.155 e. The second-order valence-electron chi connectivity index (χ2n) is 5.66. The molecule has 2 aromatic carbocycles. The number of aliphatic hydroxyl groups excluding tert-OH is 1. The molecule has 0 radical (unpaired) electrons. The molecule has 3 rings (SSSR count). The van der Waals surface area contributed by atoms with E-state index < -0.39 is 0 Å². The summed E-state index contributed by atoms with van der Waals surface area (Å²) in [7, 11) is 3.42. The fourth-order valence-corrected chi connectivity index (χ4v) is 2.62. The Morgan fingerprint density at radius 2 is 2.00 bits per heavy atom. The number of aromatic nitrogens is 2. The number of hydrogen-bond donors (Lipinski definition) is 1. The van der Waals surface area contributed by atoms with Gasteiger partial charge in [-0.15, -0.1) is 0 Å². The van der Waals surface area contributed by atoms with Gasteiger partial charge in [0.05, 0.1) is 24.7 Å². The van der Waals surface area contributed by atoms with Crippen LogP contribution in [0.4, 0.5) is 0 Å². The van der Waals surface area contributed by atoms with Gasteiger partial charge in [-0.05, 0) is 42.0 Å². The number of rotatable bonds is 5. The molecule has 0 amide bonds. The molecule has 0 unspecified atom stereocenters. The average Bonchev–Trinajstić information content (AvgIpc) is 3.00. The van der Waals surface area contributed by atoms with Crippen molar-refractivity contribution in [3.63, 3.8) is 0 Å². The summed E-state index contributed by atoms with van der Waals surface area (Å²) in [6, 6.07) is 17.0. The Morgan fingerprint density at radius 1 is 1.27 bits per heavy atom. The number of nitriles is 1. The van der Waals surface area contributed by atoms with Gasteiger partial charge in [-0.2, -0.15) is 5.26 Å². The number of allylic oxidation sites excluding steroid dienone is 1. The minimum atomic E-state index is -0.115. The van der Waals surface area contributed by atoms with Gasteiger partial charge in [0, 0.05) is 13.3 Å². The highest BCUT2D eigenvalue weighted by atomic mass is 16.5. The van der Waals surface area contributed by atoms with Crippen molar-refractivity contribution in [2.75, 3.05) is 13.7 Å². The number of fused-ring (bicyclic) bond motifs is 1. The van der Waals surface area contributed by atoms with Crippen molar-refractivity contribution in [1.29, 1.82) is 5.26 Å². The number of imidazole rings is 1. The van der Waals surface area contributed by atoms with Crippen LogP contribution in [0.2, 0.25) is 0 Å². The summed E-state index contributed by atoms with van der Waals surface area (Å²) in [4.78, 5) is 8.66. The predicted molar refractivity (Wildman–Crippen MR) is 101 cm³/mol. The summed E-state index contributed by atoms with van der Waals surface area (Å²) in [5.41, 5.74) is 2.66. The molecule has 1 aromatic heterocycles. The van der Waals surface area contributed by atoms with Crippen molar-refractivity contribution < 1.29 is 9.84 Å². The average molecular weight is 346 g/mol. The molecule has 0 aliphatic rings. The van der Waals surface area contributed by atoms with Crippen molar-refractivity contribution >= 4 is 22.8 Å². The van der Waals surface area contributed by atoms with Gasteiger partial charge < -0.3 is 14.4 Å². The van der Waals surface area contributed by atoms with Gasteiger partial charge in [0.1, 0.15) is 23.2 Å². The summed E-state index contributed by atoms with van der Waals surface area (Å²) < 4.78 is 6.89. The lowest BCUT2D eigenvalue weighted by atomic mass is 10.2. The second-order valence-corrected chi connectivity index (χ2v) is 5.66. The van der Waals surface area contributed by atoms with Crippen molar-refractivity contribution in [2.24, 2.45) is 12.0 Å². The van der Waals surface area contributed by atoms with E-state index in [0.29, 0.717) is 5.82 Å². The second kappa shape index (κ2) is 7.53. The molecule has 1 N–H and O–H groups in total. The summed E-state index contributed by atoms with van der Waals surface area (Å²) >= 11 is 0. The smallest absolute Gasteiger partial charge is 0.155 e. The highest BCUT2D eigenvalue weighted by molar-refractivity contribution is 5.84. The maximum absolute atomic E-state index is 10.3. The number of hydrogen-bond acceptors (Lipinski definition) is 5. The third-order valence-corrected chi connectivity index (χ3v) is 4.01. The van der Waals surface area contributed by atoms with Crippen molar-refractivity contribution in [1.82, 2.24) is 9.55 Å². The predicted octanol–water partition coefficient (Wildman–Crippen LogP) is 3.49. The maximum atomic E-state index is 10.3. The molecule has 0 spiro atoms. The van der Waals surface area contributed by atoms with Crippen LogP contribution in [0.25, 0.3) is 16.6 Å². The SMILES string of the molecule is COc1ccc(C=NCC(O)=C(C#N)c2nc3ccccc3n2C)cc1. The number of nitrogens with zero attached hydrogens (tertiary/aromatic N) is 4. The monoisotopic (exact) mass is 346 g/mol. The van der Waals surface area contributed by atoms with E-state index in [9.17, 15) is 10.4 Å². The Labute approximate surface area is 151 Å². The summed E-state index contributed by atoms with van der Waals surface area (Å²) in [6.45, 7) is -0.00186. The number of aryl methyl sites for hydroxylation is 1. The van der Waals surface area contributed by atoms with Crippen LogP contribution in [0, 0.1) is 11.3 Å². The number of benzene rings is 2. The summed E-state index contributed by atoms with van der Waals surface area (Å²) in [5, 5.41) is 19.8. The first kappa shape index (κ1) is 17.2. The summed E-state index contributed by atoms with van der Waals surface area (Å²) in [5.74, 6) is 1.07. The standard InChI is InChI=1S/C20H18N4O2/c1-24-18-6-4-3-5-17(18)23-20(24)16(11-21)19(25)13-22-12-14-7-9-15(26-2)10-8-14/h3-10,12,25H,13H2,1-2H3. The topological polar surface area (TPSA) is 83.4 Å². The molecule has 3 aromatic rings. The Kier molecular flexibility index (Phi) is 4.99. The first-order valence-electron chi connectivity index (χ1n) is 8.02. The van der Waals surface area contributed by atoms with Crippen LogP contribution >= 0.6 is 0 Å². The first-order valence-corrected chi connectivity index (χ1v) is 8.02. The van der Waals surface area contributed by atoms with Crippen molar-refractivity contribution in [2.45, 2.75) is 0 Å². The van der Waals surface area contributed by atoms with Crippen LogP contribution in [-0.2, 0) is 7.05 Å². The molecular weight excluding hydrogens is 328 g/mol. The number of ether oxygens (including phenoxy) is 1. The zero-order chi connectivity index (χ0) is 18.5. The minimum absolute atomic E-state index is 0.00186. The summed E-state index contributed by atoms with van der Waals surface area (Å²) in [6.07, 6.45) is 1.64. The van der Waals surface area contributed by atoms with Gasteiger partial charge in [-0.25, -0.2) is 4.98 Å². The molecule has 26 heavy (non-hydrogen) atoms. The Morgan fingerprint density at radius 3 is 2.65 bits per heavy atom. The van der Waals surface area contributed by atoms with Gasteiger partial charge in [0.25, 0.3) is 0 Å². The Hall–Kier alpha value is -3.59. The van der Waals surface area contributed by atoms with Crippen LogP contribution in [0.3, 0.4) is 0 Å². The molecule has 130 valence electrons. The Balaban J connectivity index is 1.85. The van der Waals surface area contributed by atoms with Gasteiger partial charge in [0.2, 0.25) is 0 Å². The van der Waals surface area contributed by atoms with E-state index in [0.717, 1.165) is 22.3 Å². The zero-order valence-corrected chi connectivity index (χ0v) is 14.5. The highest BCUT2D eigenvalue weighted by Crippen LogP contribution is 2.21. The van der Waals surface area contributed by atoms with E-state index in [1.165, 1.54) is 0 Å². The molecule has 0 saturated carbocycles. The largest absolute Gasteiger partial charge is 0.509 e. The van der Waals surface area contributed by atoms with Crippen LogP contribution in [0.15, 0.2) is 59.3 Å². The van der Waals surface area contributed by atoms with E-state index >= 15 is 0 Å². The van der Waals surface area contributed by atoms with Gasteiger partial charge in [-0.3, -0.25) is 4.99 Å². The van der Waals surface area contributed by atoms with Crippen LogP contribution in [-0.4, -0.2) is 34.5 Å². The van der Waals surface area contributed by atoms with E-state index in [4.69, 9.17) is 4.74 Å². The lowest BCUT2D eigenvalue weighted by Gasteiger charge is -2.03. The molecule has 1 heterocycles. The van der Waals surface area contributed by atoms with E-state index in [-0.39, 0.29) is 17.9 Å². The van der Waals surface area contributed by atoms with Crippen LogP contribution in [0.1, 0.15) is 11.4 Å². The number of methoxy groups -OCH3 is 1. The molecular formula is C20H18N4O2. The molecule has 0 aliphatic heterocycles. The molecule has 0 bridgehead atoms.